The molecule has 1 aliphatic rings. The number of nitrogens with one attached hydrogen (secondary N) is 1. The largest absolute Gasteiger partial charge is 0.376 e. The Hall–Kier alpha value is -1.71. The molecular formula is C17H20N2O. The lowest BCUT2D eigenvalue weighted by molar-refractivity contribution is 0.0915. The van der Waals surface area contributed by atoms with Crippen LogP contribution in [0.1, 0.15) is 22.7 Å². The summed E-state index contributed by atoms with van der Waals surface area (Å²) in [6, 6.07) is 10.8. The Bertz CT molecular complexity index is 610. The topological polar surface area (TPSA) is 34.1 Å². The minimum absolute atomic E-state index is 0.437. The number of benzene rings is 1. The quantitative estimate of drug-likeness (QED) is 0.929. The van der Waals surface area contributed by atoms with Gasteiger partial charge in [-0.2, -0.15) is 0 Å². The average Bonchev–Trinajstić information content (AvgIpc) is 2.47. The Morgan fingerprint density at radius 2 is 2.25 bits per heavy atom. The van der Waals surface area contributed by atoms with Crippen molar-refractivity contribution in [3.05, 3.63) is 53.3 Å². The number of ether oxygens (including phenoxy) is 1. The zero-order valence-electron chi connectivity index (χ0n) is 12.0. The third-order valence-corrected chi connectivity index (χ3v) is 3.88. The first-order chi connectivity index (χ1) is 9.79. The molecule has 0 aliphatic carbocycles. The summed E-state index contributed by atoms with van der Waals surface area (Å²) in [5.74, 6) is 0.437. The maximum atomic E-state index is 5.80. The van der Waals surface area contributed by atoms with E-state index in [0.29, 0.717) is 12.5 Å². The molecular weight excluding hydrogens is 248 g/mol. The lowest BCUT2D eigenvalue weighted by Crippen LogP contribution is -2.26. The number of hydrogen-bond donors (Lipinski definition) is 1. The molecule has 1 aliphatic heterocycles. The van der Waals surface area contributed by atoms with E-state index in [1.54, 1.807) is 0 Å². The Morgan fingerprint density at radius 3 is 3.05 bits per heavy atom. The van der Waals surface area contributed by atoms with Crippen molar-refractivity contribution in [2.45, 2.75) is 19.4 Å². The molecule has 0 fully saturated rings. The van der Waals surface area contributed by atoms with Gasteiger partial charge >= 0.3 is 0 Å². The van der Waals surface area contributed by atoms with E-state index in [-0.39, 0.29) is 0 Å². The fourth-order valence-electron chi connectivity index (χ4n) is 2.94. The minimum Gasteiger partial charge on any atom is -0.376 e. The fraction of sp³-hybridized carbons (Fsp3) is 0.353. The number of rotatable bonds is 3. The molecule has 0 radical (unpaired) electrons. The summed E-state index contributed by atoms with van der Waals surface area (Å²) in [5.41, 5.74) is 6.28. The summed E-state index contributed by atoms with van der Waals surface area (Å²) < 4.78 is 5.80. The van der Waals surface area contributed by atoms with E-state index in [9.17, 15) is 0 Å². The highest BCUT2D eigenvalue weighted by Crippen LogP contribution is 2.34. The highest BCUT2D eigenvalue weighted by atomic mass is 16.5. The first-order valence-corrected chi connectivity index (χ1v) is 7.06. The van der Waals surface area contributed by atoms with Crippen LogP contribution < -0.4 is 5.32 Å². The van der Waals surface area contributed by atoms with E-state index in [1.807, 2.05) is 20.2 Å². The number of nitrogens with zero attached hydrogens (tertiary/aromatic N) is 1. The molecule has 0 saturated carbocycles. The van der Waals surface area contributed by atoms with Gasteiger partial charge < -0.3 is 10.1 Å². The van der Waals surface area contributed by atoms with Crippen LogP contribution >= 0.6 is 0 Å². The lowest BCUT2D eigenvalue weighted by atomic mass is 9.87. The third-order valence-electron chi connectivity index (χ3n) is 3.88. The van der Waals surface area contributed by atoms with Gasteiger partial charge in [0.2, 0.25) is 0 Å². The van der Waals surface area contributed by atoms with Crippen molar-refractivity contribution in [2.24, 2.45) is 0 Å². The van der Waals surface area contributed by atoms with Gasteiger partial charge in [0.25, 0.3) is 0 Å². The molecule has 104 valence electrons. The van der Waals surface area contributed by atoms with Crippen molar-refractivity contribution in [3.8, 4) is 11.1 Å². The first-order valence-electron chi connectivity index (χ1n) is 7.06. The highest BCUT2D eigenvalue weighted by Gasteiger charge is 2.22. The van der Waals surface area contributed by atoms with Crippen molar-refractivity contribution in [1.29, 1.82) is 0 Å². The van der Waals surface area contributed by atoms with E-state index in [0.717, 1.165) is 18.8 Å². The molecule has 2 heterocycles. The number of hydrogen-bond acceptors (Lipinski definition) is 3. The summed E-state index contributed by atoms with van der Waals surface area (Å²) in [6.45, 7) is 4.48. The Labute approximate surface area is 120 Å². The van der Waals surface area contributed by atoms with Crippen LogP contribution in [0.25, 0.3) is 11.1 Å². The van der Waals surface area contributed by atoms with Crippen LogP contribution in [0.4, 0.5) is 0 Å². The smallest absolute Gasteiger partial charge is 0.0725 e. The predicted octanol–water partition coefficient (Wildman–Crippen LogP) is 2.89. The lowest BCUT2D eigenvalue weighted by Gasteiger charge is -2.27. The minimum atomic E-state index is 0.437. The Balaban J connectivity index is 2.07. The SMILES string of the molecule is CNC[C@@H]1COCc2c(-c3ccnc(C)c3)cccc21. The van der Waals surface area contributed by atoms with Crippen molar-refractivity contribution in [3.63, 3.8) is 0 Å². The molecule has 3 heteroatoms. The molecule has 1 atom stereocenters. The fourth-order valence-corrected chi connectivity index (χ4v) is 2.94. The van der Waals surface area contributed by atoms with E-state index >= 15 is 0 Å². The van der Waals surface area contributed by atoms with Gasteiger partial charge in [0, 0.05) is 24.4 Å². The number of pyridine rings is 1. The van der Waals surface area contributed by atoms with Crippen molar-refractivity contribution in [1.82, 2.24) is 10.3 Å². The van der Waals surface area contributed by atoms with Crippen LogP contribution in [0, 0.1) is 6.92 Å². The molecule has 0 spiro atoms. The molecule has 2 aromatic rings. The molecule has 0 bridgehead atoms. The summed E-state index contributed by atoms with van der Waals surface area (Å²) in [7, 11) is 1.99. The molecule has 0 saturated heterocycles. The van der Waals surface area contributed by atoms with E-state index in [1.165, 1.54) is 22.3 Å². The van der Waals surface area contributed by atoms with Gasteiger partial charge in [-0.05, 0) is 48.4 Å². The van der Waals surface area contributed by atoms with Crippen LogP contribution in [-0.2, 0) is 11.3 Å². The standard InChI is InChI=1S/C17H20N2O/c1-12-8-13(6-7-19-12)15-4-3-5-16-14(9-18-2)10-20-11-17(15)16/h3-8,14,18H,9-11H2,1-2H3/t14-/m1/s1. The predicted molar refractivity (Wildman–Crippen MR) is 80.7 cm³/mol. The van der Waals surface area contributed by atoms with Crippen molar-refractivity contribution in [2.75, 3.05) is 20.2 Å². The normalized spacial score (nSPS) is 17.8. The van der Waals surface area contributed by atoms with Gasteiger partial charge in [0.05, 0.1) is 13.2 Å². The van der Waals surface area contributed by atoms with Gasteiger partial charge in [-0.25, -0.2) is 0 Å². The molecule has 0 amide bonds. The second kappa shape index (κ2) is 5.73. The van der Waals surface area contributed by atoms with Crippen molar-refractivity contribution >= 4 is 0 Å². The van der Waals surface area contributed by atoms with Gasteiger partial charge in [0.15, 0.2) is 0 Å². The van der Waals surface area contributed by atoms with Crippen LogP contribution in [0.2, 0.25) is 0 Å². The second-order valence-corrected chi connectivity index (χ2v) is 5.33. The van der Waals surface area contributed by atoms with Gasteiger partial charge in [0.1, 0.15) is 0 Å². The van der Waals surface area contributed by atoms with Gasteiger partial charge in [-0.3, -0.25) is 4.98 Å². The van der Waals surface area contributed by atoms with Crippen LogP contribution in [0.15, 0.2) is 36.5 Å². The molecule has 0 unspecified atom stereocenters. The van der Waals surface area contributed by atoms with Gasteiger partial charge in [-0.15, -0.1) is 0 Å². The summed E-state index contributed by atoms with van der Waals surface area (Å²) in [6.07, 6.45) is 1.87. The summed E-state index contributed by atoms with van der Waals surface area (Å²) >= 11 is 0. The number of fused-ring (bicyclic) bond motifs is 1. The number of aryl methyl sites for hydroxylation is 1. The zero-order chi connectivity index (χ0) is 13.9. The number of aromatic nitrogens is 1. The first kappa shape index (κ1) is 13.3. The molecule has 1 aromatic carbocycles. The molecule has 1 aromatic heterocycles. The number of likely N-dealkylation sites (N-methyl/N-ethyl adjacent to an activating group) is 1. The molecule has 3 rings (SSSR count). The third kappa shape index (κ3) is 2.47. The molecule has 20 heavy (non-hydrogen) atoms. The maximum Gasteiger partial charge on any atom is 0.0725 e. The van der Waals surface area contributed by atoms with E-state index < -0.39 is 0 Å². The Kier molecular flexibility index (Phi) is 3.81. The summed E-state index contributed by atoms with van der Waals surface area (Å²) in [4.78, 5) is 4.28. The van der Waals surface area contributed by atoms with Crippen LogP contribution in [0.3, 0.4) is 0 Å². The highest BCUT2D eigenvalue weighted by molar-refractivity contribution is 5.69. The van der Waals surface area contributed by atoms with Crippen LogP contribution in [-0.4, -0.2) is 25.2 Å². The van der Waals surface area contributed by atoms with Crippen molar-refractivity contribution < 1.29 is 4.74 Å². The van der Waals surface area contributed by atoms with E-state index in [2.05, 4.69) is 40.6 Å². The van der Waals surface area contributed by atoms with E-state index in [4.69, 9.17) is 4.74 Å². The zero-order valence-corrected chi connectivity index (χ0v) is 12.0. The molecule has 3 nitrogen and oxygen atoms in total. The monoisotopic (exact) mass is 268 g/mol. The second-order valence-electron chi connectivity index (χ2n) is 5.33. The summed E-state index contributed by atoms with van der Waals surface area (Å²) in [5, 5.41) is 3.26. The average molecular weight is 268 g/mol. The maximum absolute atomic E-state index is 5.80. The Morgan fingerprint density at radius 1 is 1.35 bits per heavy atom. The van der Waals surface area contributed by atoms with Gasteiger partial charge in [-0.1, -0.05) is 18.2 Å². The molecule has 1 N–H and O–H groups in total. The van der Waals surface area contributed by atoms with Crippen LogP contribution in [0.5, 0.6) is 0 Å².